The lowest BCUT2D eigenvalue weighted by atomic mass is 10.1. The summed E-state index contributed by atoms with van der Waals surface area (Å²) >= 11 is 1.13. The zero-order valence-electron chi connectivity index (χ0n) is 20.5. The van der Waals surface area contributed by atoms with Gasteiger partial charge in [-0.1, -0.05) is 36.4 Å². The van der Waals surface area contributed by atoms with Gasteiger partial charge in [0.05, 0.1) is 24.6 Å². The molecule has 2 aromatic carbocycles. The Kier molecular flexibility index (Phi) is 7.23. The van der Waals surface area contributed by atoms with Crippen molar-refractivity contribution in [2.45, 2.75) is 43.6 Å². The third-order valence-electron chi connectivity index (χ3n) is 5.22. The average molecular weight is 528 g/mol. The van der Waals surface area contributed by atoms with Crippen molar-refractivity contribution in [1.82, 2.24) is 20.4 Å². The molecule has 0 saturated carbocycles. The second-order valence-corrected chi connectivity index (χ2v) is 12.1. The van der Waals surface area contributed by atoms with E-state index < -0.39 is 10.0 Å². The number of hydrogen-bond donors (Lipinski definition) is 3. The van der Waals surface area contributed by atoms with Gasteiger partial charge in [0.25, 0.3) is 10.0 Å². The number of carbonyl (C=O) groups is 1. The van der Waals surface area contributed by atoms with Gasteiger partial charge in [0, 0.05) is 12.1 Å². The second kappa shape index (κ2) is 10.2. The molecule has 190 valence electrons. The quantitative estimate of drug-likeness (QED) is 0.311. The first-order valence-electron chi connectivity index (χ1n) is 11.3. The Morgan fingerprint density at radius 2 is 1.83 bits per heavy atom. The molecule has 0 aliphatic carbocycles. The van der Waals surface area contributed by atoms with Crippen LogP contribution in [0.3, 0.4) is 0 Å². The summed E-state index contributed by atoms with van der Waals surface area (Å²) in [6.07, 6.45) is 0. The molecule has 0 saturated heterocycles. The van der Waals surface area contributed by atoms with E-state index in [4.69, 9.17) is 4.74 Å². The lowest BCUT2D eigenvalue weighted by Gasteiger charge is -2.20. The number of ether oxygens (including phenoxy) is 1. The number of nitrogens with zero attached hydrogens (tertiary/aromatic N) is 2. The number of hydrogen-bond acceptors (Lipinski definition) is 6. The van der Waals surface area contributed by atoms with Crippen LogP contribution in [0.1, 0.15) is 31.9 Å². The summed E-state index contributed by atoms with van der Waals surface area (Å²) in [4.78, 5) is 12.1. The van der Waals surface area contributed by atoms with E-state index in [1.54, 1.807) is 28.3 Å². The summed E-state index contributed by atoms with van der Waals surface area (Å²) in [5, 5.41) is 12.6. The highest BCUT2D eigenvalue weighted by Crippen LogP contribution is 2.34. The largest absolute Gasteiger partial charge is 0.496 e. The van der Waals surface area contributed by atoms with Crippen molar-refractivity contribution < 1.29 is 17.9 Å². The molecule has 2 aromatic heterocycles. The van der Waals surface area contributed by atoms with E-state index in [1.165, 1.54) is 7.11 Å². The van der Waals surface area contributed by atoms with Crippen LogP contribution >= 0.6 is 11.3 Å². The number of methoxy groups -OCH3 is 1. The minimum Gasteiger partial charge on any atom is -0.496 e. The standard InChI is InChI=1S/C25H29N5O4S2/c1-25(2,3)27-24(31)26-15-17-8-5-9-18(14-17)16-30-19-10-6-11-20(34-4)22(19)23(28-30)29-36(32,33)21-12-7-13-35-21/h5-14H,15-16H2,1-4H3,(H,28,29)(H2,26,27,31). The maximum absolute atomic E-state index is 12.9. The Hall–Kier alpha value is -3.57. The SMILES string of the molecule is COc1cccc2c1c(NS(=O)(=O)c1cccs1)nn2Cc1cccc(CNC(=O)NC(C)(C)C)c1. The second-order valence-electron chi connectivity index (χ2n) is 9.28. The molecule has 0 atom stereocenters. The molecule has 0 unspecified atom stereocenters. The van der Waals surface area contributed by atoms with E-state index >= 15 is 0 Å². The Labute approximate surface area is 214 Å². The van der Waals surface area contributed by atoms with Gasteiger partial charge in [-0.2, -0.15) is 5.10 Å². The van der Waals surface area contributed by atoms with Crippen LogP contribution in [0.4, 0.5) is 10.6 Å². The molecule has 11 heteroatoms. The van der Waals surface area contributed by atoms with Gasteiger partial charge in [-0.25, -0.2) is 13.2 Å². The zero-order chi connectivity index (χ0) is 25.9. The van der Waals surface area contributed by atoms with Crippen LogP contribution in [0.5, 0.6) is 5.75 Å². The summed E-state index contributed by atoms with van der Waals surface area (Å²) in [5.41, 5.74) is 2.29. The molecule has 0 aliphatic rings. The minimum atomic E-state index is -3.79. The van der Waals surface area contributed by atoms with E-state index in [1.807, 2.05) is 57.2 Å². The summed E-state index contributed by atoms with van der Waals surface area (Å²) in [6, 6.07) is 16.3. The van der Waals surface area contributed by atoms with Crippen LogP contribution < -0.4 is 20.1 Å². The fraction of sp³-hybridized carbons (Fsp3) is 0.280. The number of fused-ring (bicyclic) bond motifs is 1. The summed E-state index contributed by atoms with van der Waals surface area (Å²) < 4.78 is 35.9. The monoisotopic (exact) mass is 527 g/mol. The Bertz CT molecular complexity index is 1470. The molecule has 0 spiro atoms. The Balaban J connectivity index is 1.61. The molecule has 0 fully saturated rings. The van der Waals surface area contributed by atoms with Gasteiger partial charge in [-0.3, -0.25) is 9.40 Å². The topological polar surface area (TPSA) is 114 Å². The first-order valence-corrected chi connectivity index (χ1v) is 13.7. The molecular weight excluding hydrogens is 498 g/mol. The molecule has 36 heavy (non-hydrogen) atoms. The van der Waals surface area contributed by atoms with Gasteiger partial charge < -0.3 is 15.4 Å². The average Bonchev–Trinajstić information content (AvgIpc) is 3.46. The zero-order valence-corrected chi connectivity index (χ0v) is 22.2. The minimum absolute atomic E-state index is 0.201. The number of carbonyl (C=O) groups excluding carboxylic acids is 1. The van der Waals surface area contributed by atoms with Crippen molar-refractivity contribution in [1.29, 1.82) is 0 Å². The molecular formula is C25H29N5O4S2. The van der Waals surface area contributed by atoms with Gasteiger partial charge in [-0.05, 0) is 55.5 Å². The fourth-order valence-corrected chi connectivity index (χ4v) is 5.73. The van der Waals surface area contributed by atoms with E-state index in [0.29, 0.717) is 24.2 Å². The predicted molar refractivity (Wildman–Crippen MR) is 142 cm³/mol. The first-order chi connectivity index (χ1) is 17.1. The predicted octanol–water partition coefficient (Wildman–Crippen LogP) is 4.55. The van der Waals surface area contributed by atoms with Crippen LogP contribution in [-0.2, 0) is 23.1 Å². The van der Waals surface area contributed by atoms with Gasteiger partial charge in [-0.15, -0.1) is 11.3 Å². The molecule has 3 N–H and O–H groups in total. The normalized spacial score (nSPS) is 11.9. The van der Waals surface area contributed by atoms with Gasteiger partial charge in [0.2, 0.25) is 0 Å². The molecule has 2 amide bonds. The third-order valence-corrected chi connectivity index (χ3v) is 7.95. The molecule has 0 aliphatic heterocycles. The Morgan fingerprint density at radius 3 is 2.53 bits per heavy atom. The van der Waals surface area contributed by atoms with Crippen molar-refractivity contribution in [2.24, 2.45) is 0 Å². The van der Waals surface area contributed by atoms with Crippen LogP contribution in [-0.4, -0.2) is 36.9 Å². The third kappa shape index (κ3) is 5.97. The van der Waals surface area contributed by atoms with E-state index in [9.17, 15) is 13.2 Å². The number of thiophene rings is 1. The number of anilines is 1. The highest BCUT2D eigenvalue weighted by molar-refractivity contribution is 7.94. The number of aromatic nitrogens is 2. The van der Waals surface area contributed by atoms with E-state index in [2.05, 4.69) is 20.5 Å². The molecule has 9 nitrogen and oxygen atoms in total. The number of urea groups is 1. The molecule has 2 heterocycles. The molecule has 0 radical (unpaired) electrons. The molecule has 4 aromatic rings. The summed E-state index contributed by atoms with van der Waals surface area (Å²) in [6.45, 7) is 6.53. The van der Waals surface area contributed by atoms with Crippen molar-refractivity contribution >= 4 is 44.1 Å². The van der Waals surface area contributed by atoms with Gasteiger partial charge in [0.1, 0.15) is 9.96 Å². The highest BCUT2D eigenvalue weighted by atomic mass is 32.2. The number of sulfonamides is 1. The lowest BCUT2D eigenvalue weighted by molar-refractivity contribution is 0.231. The number of nitrogens with one attached hydrogen (secondary N) is 3. The van der Waals surface area contributed by atoms with Crippen LogP contribution in [0, 0.1) is 0 Å². The van der Waals surface area contributed by atoms with Crippen molar-refractivity contribution in [3.63, 3.8) is 0 Å². The highest BCUT2D eigenvalue weighted by Gasteiger charge is 2.22. The maximum Gasteiger partial charge on any atom is 0.315 e. The smallest absolute Gasteiger partial charge is 0.315 e. The van der Waals surface area contributed by atoms with Crippen molar-refractivity contribution in [3.05, 3.63) is 71.1 Å². The Morgan fingerprint density at radius 1 is 1.08 bits per heavy atom. The van der Waals surface area contributed by atoms with Crippen LogP contribution in [0.15, 0.2) is 64.2 Å². The fourth-order valence-electron chi connectivity index (χ4n) is 3.73. The van der Waals surface area contributed by atoms with E-state index in [-0.39, 0.29) is 21.6 Å². The van der Waals surface area contributed by atoms with E-state index in [0.717, 1.165) is 28.0 Å². The summed E-state index contributed by atoms with van der Waals surface area (Å²) in [5.74, 6) is 0.720. The maximum atomic E-state index is 12.9. The van der Waals surface area contributed by atoms with Crippen molar-refractivity contribution in [2.75, 3.05) is 11.8 Å². The number of amides is 2. The van der Waals surface area contributed by atoms with Crippen molar-refractivity contribution in [3.8, 4) is 5.75 Å². The van der Waals surface area contributed by atoms with Gasteiger partial charge >= 0.3 is 6.03 Å². The number of rotatable bonds is 8. The molecule has 0 bridgehead atoms. The lowest BCUT2D eigenvalue weighted by Crippen LogP contribution is -2.46. The molecule has 4 rings (SSSR count). The van der Waals surface area contributed by atoms with Crippen LogP contribution in [0.2, 0.25) is 0 Å². The van der Waals surface area contributed by atoms with Crippen LogP contribution in [0.25, 0.3) is 10.9 Å². The van der Waals surface area contributed by atoms with Gasteiger partial charge in [0.15, 0.2) is 5.82 Å². The number of benzene rings is 2. The summed E-state index contributed by atoms with van der Waals surface area (Å²) in [7, 11) is -2.25. The first kappa shape index (κ1) is 25.5.